The van der Waals surface area contributed by atoms with Crippen molar-refractivity contribution in [3.8, 4) is 11.4 Å². The van der Waals surface area contributed by atoms with Crippen LogP contribution in [0.3, 0.4) is 0 Å². The molecule has 28 heavy (non-hydrogen) atoms. The van der Waals surface area contributed by atoms with Crippen molar-refractivity contribution >= 4 is 11.7 Å². The van der Waals surface area contributed by atoms with E-state index in [2.05, 4.69) is 36.9 Å². The predicted octanol–water partition coefficient (Wildman–Crippen LogP) is 3.21. The van der Waals surface area contributed by atoms with E-state index in [1.807, 2.05) is 50.6 Å². The number of anilines is 1. The van der Waals surface area contributed by atoms with E-state index in [0.717, 1.165) is 42.2 Å². The van der Waals surface area contributed by atoms with E-state index in [1.165, 1.54) is 0 Å². The van der Waals surface area contributed by atoms with E-state index >= 15 is 0 Å². The van der Waals surface area contributed by atoms with Crippen molar-refractivity contribution in [3.05, 3.63) is 66.1 Å². The van der Waals surface area contributed by atoms with Crippen molar-refractivity contribution in [2.24, 2.45) is 5.92 Å². The molecule has 0 saturated heterocycles. The summed E-state index contributed by atoms with van der Waals surface area (Å²) in [6.45, 7) is 1.61. The summed E-state index contributed by atoms with van der Waals surface area (Å²) in [4.78, 5) is 23.8. The number of nitrogens with one attached hydrogen (secondary N) is 1. The maximum atomic E-state index is 12.8. The molecule has 2 aromatic heterocycles. The average molecular weight is 375 g/mol. The van der Waals surface area contributed by atoms with Crippen molar-refractivity contribution in [2.75, 3.05) is 19.4 Å². The lowest BCUT2D eigenvalue weighted by molar-refractivity contribution is -0.120. The Balaban J connectivity index is 1.45. The molecule has 1 amide bonds. The van der Waals surface area contributed by atoms with Crippen LogP contribution in [0.25, 0.3) is 11.4 Å². The summed E-state index contributed by atoms with van der Waals surface area (Å²) in [6, 6.07) is 14.1. The minimum Gasteiger partial charge on any atom is -0.328 e. The first-order valence-corrected chi connectivity index (χ1v) is 9.60. The van der Waals surface area contributed by atoms with E-state index in [9.17, 15) is 4.79 Å². The highest BCUT2D eigenvalue weighted by Gasteiger charge is 2.27. The number of amides is 1. The van der Waals surface area contributed by atoms with Gasteiger partial charge in [0.25, 0.3) is 0 Å². The molecule has 0 bridgehead atoms. The van der Waals surface area contributed by atoms with Crippen LogP contribution in [0.5, 0.6) is 0 Å². The van der Waals surface area contributed by atoms with Crippen LogP contribution in [0, 0.1) is 5.92 Å². The fourth-order valence-corrected chi connectivity index (χ4v) is 3.74. The minimum absolute atomic E-state index is 0.0308. The molecule has 0 aliphatic carbocycles. The molecule has 6 nitrogen and oxygen atoms in total. The number of hydrogen-bond donors (Lipinski definition) is 1. The molecule has 1 aliphatic heterocycles. The molecule has 3 heterocycles. The summed E-state index contributed by atoms with van der Waals surface area (Å²) in [5.41, 5.74) is 3.35. The highest BCUT2D eigenvalue weighted by atomic mass is 16.1. The first kappa shape index (κ1) is 18.4. The van der Waals surface area contributed by atoms with Crippen LogP contribution in [0.4, 0.5) is 5.82 Å². The van der Waals surface area contributed by atoms with Gasteiger partial charge in [-0.15, -0.1) is 0 Å². The summed E-state index contributed by atoms with van der Waals surface area (Å²) in [7, 11) is 4.04. The van der Waals surface area contributed by atoms with E-state index < -0.39 is 0 Å². The third kappa shape index (κ3) is 3.97. The Morgan fingerprint density at radius 1 is 1.21 bits per heavy atom. The van der Waals surface area contributed by atoms with Crippen LogP contribution in [-0.2, 0) is 24.3 Å². The number of pyridine rings is 1. The molecule has 6 heteroatoms. The van der Waals surface area contributed by atoms with E-state index in [4.69, 9.17) is 0 Å². The van der Waals surface area contributed by atoms with Crippen LogP contribution >= 0.6 is 0 Å². The lowest BCUT2D eigenvalue weighted by atomic mass is 9.95. The van der Waals surface area contributed by atoms with Crippen molar-refractivity contribution in [1.29, 1.82) is 0 Å². The Morgan fingerprint density at radius 2 is 2.04 bits per heavy atom. The third-order valence-corrected chi connectivity index (χ3v) is 5.07. The molecule has 0 spiro atoms. The van der Waals surface area contributed by atoms with E-state index in [1.54, 1.807) is 6.20 Å². The highest BCUT2D eigenvalue weighted by Crippen LogP contribution is 2.27. The number of benzene rings is 1. The molecule has 0 radical (unpaired) electrons. The normalized spacial score (nSPS) is 16.0. The standard InChI is InChI=1S/C22H25N5O/c1-26(2)15-16-8-10-23-20(12-16)25-22(28)18-9-11-27-19(13-18)14-24-21(27)17-6-4-3-5-7-17/h3-8,10,12,14,18H,9,11,13,15H2,1-2H3,(H,23,25,28). The van der Waals surface area contributed by atoms with Gasteiger partial charge in [-0.05, 0) is 38.2 Å². The van der Waals surface area contributed by atoms with Gasteiger partial charge in [-0.1, -0.05) is 30.3 Å². The lowest BCUT2D eigenvalue weighted by Gasteiger charge is -2.24. The molecular formula is C22H25N5O. The molecular weight excluding hydrogens is 350 g/mol. The maximum absolute atomic E-state index is 12.8. The van der Waals surface area contributed by atoms with Gasteiger partial charge in [0.2, 0.25) is 5.91 Å². The van der Waals surface area contributed by atoms with Gasteiger partial charge in [0.15, 0.2) is 0 Å². The second kappa shape index (κ2) is 7.94. The van der Waals surface area contributed by atoms with Gasteiger partial charge in [-0.2, -0.15) is 0 Å². The van der Waals surface area contributed by atoms with Gasteiger partial charge in [-0.25, -0.2) is 9.97 Å². The lowest BCUT2D eigenvalue weighted by Crippen LogP contribution is -2.30. The monoisotopic (exact) mass is 375 g/mol. The quantitative estimate of drug-likeness (QED) is 0.744. The third-order valence-electron chi connectivity index (χ3n) is 5.07. The minimum atomic E-state index is -0.0628. The van der Waals surface area contributed by atoms with Crippen LogP contribution in [0.15, 0.2) is 54.9 Å². The predicted molar refractivity (Wildman–Crippen MR) is 110 cm³/mol. The number of aromatic nitrogens is 3. The van der Waals surface area contributed by atoms with Gasteiger partial charge < -0.3 is 14.8 Å². The Labute approximate surface area is 165 Å². The Bertz CT molecular complexity index is 964. The highest BCUT2D eigenvalue weighted by molar-refractivity contribution is 5.92. The fourth-order valence-electron chi connectivity index (χ4n) is 3.74. The van der Waals surface area contributed by atoms with Gasteiger partial charge in [0, 0.05) is 49.1 Å². The zero-order valence-corrected chi connectivity index (χ0v) is 16.3. The first-order chi connectivity index (χ1) is 13.6. The molecule has 1 aromatic carbocycles. The number of carbonyl (C=O) groups excluding carboxylic acids is 1. The topological polar surface area (TPSA) is 63.1 Å². The molecule has 1 unspecified atom stereocenters. The number of imidazole rings is 1. The average Bonchev–Trinajstić information content (AvgIpc) is 3.11. The van der Waals surface area contributed by atoms with Gasteiger partial charge >= 0.3 is 0 Å². The van der Waals surface area contributed by atoms with Gasteiger partial charge in [0.1, 0.15) is 11.6 Å². The van der Waals surface area contributed by atoms with Crippen molar-refractivity contribution < 1.29 is 4.79 Å². The summed E-state index contributed by atoms with van der Waals surface area (Å²) in [5, 5.41) is 3.00. The van der Waals surface area contributed by atoms with Gasteiger partial charge in [-0.3, -0.25) is 4.79 Å². The number of hydrogen-bond acceptors (Lipinski definition) is 4. The molecule has 1 atom stereocenters. The first-order valence-electron chi connectivity index (χ1n) is 9.60. The zero-order valence-electron chi connectivity index (χ0n) is 16.3. The summed E-state index contributed by atoms with van der Waals surface area (Å²) >= 11 is 0. The Morgan fingerprint density at radius 3 is 2.82 bits per heavy atom. The van der Waals surface area contributed by atoms with Crippen LogP contribution in [0.2, 0.25) is 0 Å². The summed E-state index contributed by atoms with van der Waals surface area (Å²) in [5.74, 6) is 1.57. The molecule has 1 aliphatic rings. The maximum Gasteiger partial charge on any atom is 0.229 e. The molecule has 0 saturated carbocycles. The van der Waals surface area contributed by atoms with Crippen molar-refractivity contribution in [1.82, 2.24) is 19.4 Å². The smallest absolute Gasteiger partial charge is 0.229 e. The Hall–Kier alpha value is -2.99. The van der Waals surface area contributed by atoms with E-state index in [-0.39, 0.29) is 11.8 Å². The fraction of sp³-hybridized carbons (Fsp3) is 0.318. The van der Waals surface area contributed by atoms with Crippen LogP contribution in [-0.4, -0.2) is 39.4 Å². The van der Waals surface area contributed by atoms with Crippen LogP contribution < -0.4 is 5.32 Å². The Kier molecular flexibility index (Phi) is 5.21. The largest absolute Gasteiger partial charge is 0.328 e. The molecule has 0 fully saturated rings. The molecule has 144 valence electrons. The number of fused-ring (bicyclic) bond motifs is 1. The van der Waals surface area contributed by atoms with Crippen molar-refractivity contribution in [2.45, 2.75) is 25.9 Å². The molecule has 1 N–H and O–H groups in total. The van der Waals surface area contributed by atoms with E-state index in [0.29, 0.717) is 12.2 Å². The summed E-state index contributed by atoms with van der Waals surface area (Å²) in [6.07, 6.45) is 5.14. The second-order valence-corrected chi connectivity index (χ2v) is 7.56. The van der Waals surface area contributed by atoms with Crippen molar-refractivity contribution in [3.63, 3.8) is 0 Å². The molecule has 4 rings (SSSR count). The number of nitrogens with zero attached hydrogens (tertiary/aromatic N) is 4. The second-order valence-electron chi connectivity index (χ2n) is 7.56. The zero-order chi connectivity index (χ0) is 19.5. The van der Waals surface area contributed by atoms with Crippen LogP contribution in [0.1, 0.15) is 17.7 Å². The number of carbonyl (C=O) groups is 1. The summed E-state index contributed by atoms with van der Waals surface area (Å²) < 4.78 is 2.23. The molecule has 3 aromatic rings. The number of rotatable bonds is 5. The SMILES string of the molecule is CN(C)Cc1ccnc(NC(=O)C2CCn3c(cnc3-c3ccccc3)C2)c1. The van der Waals surface area contributed by atoms with Gasteiger partial charge in [0.05, 0.1) is 0 Å².